The number of hydrogen-bond donors (Lipinski definition) is 0. The minimum Gasteiger partial charge on any atom is -0.494 e. The third-order valence-corrected chi connectivity index (χ3v) is 5.94. The van der Waals surface area contributed by atoms with Crippen LogP contribution in [0.2, 0.25) is 0 Å². The zero-order valence-electron chi connectivity index (χ0n) is 19.1. The molecule has 2 aliphatic rings. The van der Waals surface area contributed by atoms with E-state index in [0.717, 1.165) is 30.8 Å². The molecule has 2 heterocycles. The predicted molar refractivity (Wildman–Crippen MR) is 126 cm³/mol. The zero-order chi connectivity index (χ0) is 22.7. The van der Waals surface area contributed by atoms with E-state index in [2.05, 4.69) is 28.9 Å². The Bertz CT molecular complexity index is 991. The van der Waals surface area contributed by atoms with Crippen LogP contribution in [0.5, 0.6) is 5.75 Å². The Hall–Kier alpha value is -3.28. The Labute approximate surface area is 190 Å². The lowest BCUT2D eigenvalue weighted by Gasteiger charge is -2.37. The van der Waals surface area contributed by atoms with Gasteiger partial charge in [-0.05, 0) is 50.1 Å². The van der Waals surface area contributed by atoms with E-state index in [1.165, 1.54) is 10.6 Å². The summed E-state index contributed by atoms with van der Waals surface area (Å²) in [6.07, 6.45) is 0.933. The molecule has 32 heavy (non-hydrogen) atoms. The Kier molecular flexibility index (Phi) is 6.49. The fourth-order valence-corrected chi connectivity index (χ4v) is 4.32. The van der Waals surface area contributed by atoms with Crippen molar-refractivity contribution in [1.82, 2.24) is 9.80 Å². The van der Waals surface area contributed by atoms with E-state index in [1.807, 2.05) is 56.3 Å². The molecule has 1 saturated heterocycles. The van der Waals surface area contributed by atoms with Crippen molar-refractivity contribution in [3.63, 3.8) is 0 Å². The molecule has 0 radical (unpaired) electrons. The van der Waals surface area contributed by atoms with Crippen LogP contribution in [0.15, 0.2) is 60.3 Å². The Balaban J connectivity index is 1.62. The molecule has 6 nitrogen and oxygen atoms in total. The molecule has 0 saturated carbocycles. The number of piperazine rings is 1. The van der Waals surface area contributed by atoms with E-state index in [4.69, 9.17) is 4.74 Å². The molecule has 0 aliphatic carbocycles. The average Bonchev–Trinajstić information content (AvgIpc) is 3.08. The third kappa shape index (κ3) is 4.22. The van der Waals surface area contributed by atoms with Gasteiger partial charge in [0.1, 0.15) is 11.4 Å². The zero-order valence-corrected chi connectivity index (χ0v) is 19.1. The number of anilines is 1. The van der Waals surface area contributed by atoms with Gasteiger partial charge in [-0.2, -0.15) is 0 Å². The number of amides is 2. The van der Waals surface area contributed by atoms with Gasteiger partial charge in [0, 0.05) is 37.9 Å². The summed E-state index contributed by atoms with van der Waals surface area (Å²) < 4.78 is 5.68. The highest BCUT2D eigenvalue weighted by atomic mass is 16.5. The standard InChI is InChI=1S/C26H31N3O3/c1-4-18-32-22-12-10-20(11-13-22)23-24(26(31)29(19(2)3)25(23)30)28-16-14-27(15-17-28)21-8-6-5-7-9-21/h5-13,19H,4,14-18H2,1-3H3. The molecule has 2 aromatic rings. The van der Waals surface area contributed by atoms with E-state index >= 15 is 0 Å². The van der Waals surface area contributed by atoms with Crippen LogP contribution in [-0.4, -0.2) is 60.4 Å². The second kappa shape index (κ2) is 9.47. The normalized spacial score (nSPS) is 17.1. The number of imide groups is 1. The van der Waals surface area contributed by atoms with Gasteiger partial charge in [0.15, 0.2) is 0 Å². The highest BCUT2D eigenvalue weighted by Crippen LogP contribution is 2.34. The molecule has 0 aromatic heterocycles. The molecule has 1 fully saturated rings. The lowest BCUT2D eigenvalue weighted by Crippen LogP contribution is -2.48. The van der Waals surface area contributed by atoms with Crippen LogP contribution in [0, 0.1) is 0 Å². The van der Waals surface area contributed by atoms with Gasteiger partial charge in [0.25, 0.3) is 11.8 Å². The topological polar surface area (TPSA) is 53.1 Å². The van der Waals surface area contributed by atoms with Gasteiger partial charge in [-0.25, -0.2) is 0 Å². The van der Waals surface area contributed by atoms with Crippen LogP contribution in [-0.2, 0) is 9.59 Å². The summed E-state index contributed by atoms with van der Waals surface area (Å²) in [4.78, 5) is 32.5. The van der Waals surface area contributed by atoms with Gasteiger partial charge >= 0.3 is 0 Å². The first-order valence-corrected chi connectivity index (χ1v) is 11.4. The quantitative estimate of drug-likeness (QED) is 0.622. The van der Waals surface area contributed by atoms with E-state index in [9.17, 15) is 9.59 Å². The number of hydrogen-bond acceptors (Lipinski definition) is 5. The van der Waals surface area contributed by atoms with Crippen molar-refractivity contribution in [1.29, 1.82) is 0 Å². The van der Waals surface area contributed by atoms with Crippen molar-refractivity contribution in [3.05, 3.63) is 65.9 Å². The predicted octanol–water partition coefficient (Wildman–Crippen LogP) is 3.79. The summed E-state index contributed by atoms with van der Waals surface area (Å²) >= 11 is 0. The SMILES string of the molecule is CCCOc1ccc(C2=C(N3CCN(c4ccccc4)CC3)C(=O)N(C(C)C)C2=O)cc1. The van der Waals surface area contributed by atoms with Crippen molar-refractivity contribution in [3.8, 4) is 5.75 Å². The monoisotopic (exact) mass is 433 g/mol. The fraction of sp³-hybridized carbons (Fsp3) is 0.385. The van der Waals surface area contributed by atoms with Crippen LogP contribution in [0.1, 0.15) is 32.8 Å². The first kappa shape index (κ1) is 21.9. The van der Waals surface area contributed by atoms with Gasteiger partial charge in [0.2, 0.25) is 0 Å². The summed E-state index contributed by atoms with van der Waals surface area (Å²) in [5.41, 5.74) is 2.97. The molecule has 2 aromatic carbocycles. The van der Waals surface area contributed by atoms with Crippen molar-refractivity contribution in [2.45, 2.75) is 33.2 Å². The molecule has 2 amide bonds. The van der Waals surface area contributed by atoms with Crippen LogP contribution in [0.3, 0.4) is 0 Å². The second-order valence-electron chi connectivity index (χ2n) is 8.48. The molecular weight excluding hydrogens is 402 g/mol. The van der Waals surface area contributed by atoms with E-state index in [-0.39, 0.29) is 17.9 Å². The number of carbonyl (C=O) groups excluding carboxylic acids is 2. The number of rotatable bonds is 7. The second-order valence-corrected chi connectivity index (χ2v) is 8.48. The molecule has 168 valence electrons. The van der Waals surface area contributed by atoms with Crippen LogP contribution < -0.4 is 9.64 Å². The molecule has 0 N–H and O–H groups in total. The van der Waals surface area contributed by atoms with Crippen molar-refractivity contribution >= 4 is 23.1 Å². The summed E-state index contributed by atoms with van der Waals surface area (Å²) in [5.74, 6) is 0.360. The summed E-state index contributed by atoms with van der Waals surface area (Å²) in [6, 6.07) is 17.6. The van der Waals surface area contributed by atoms with Gasteiger partial charge in [-0.3, -0.25) is 14.5 Å². The number of carbonyl (C=O) groups is 2. The molecule has 0 bridgehead atoms. The minimum absolute atomic E-state index is 0.194. The van der Waals surface area contributed by atoms with Crippen LogP contribution in [0.25, 0.3) is 5.57 Å². The first-order chi connectivity index (χ1) is 15.5. The summed E-state index contributed by atoms with van der Waals surface area (Å²) in [5, 5.41) is 0. The molecule has 4 rings (SSSR count). The number of nitrogens with zero attached hydrogens (tertiary/aromatic N) is 3. The van der Waals surface area contributed by atoms with Crippen LogP contribution >= 0.6 is 0 Å². The number of ether oxygens (including phenoxy) is 1. The highest BCUT2D eigenvalue weighted by molar-refractivity contribution is 6.35. The fourth-order valence-electron chi connectivity index (χ4n) is 4.32. The maximum Gasteiger partial charge on any atom is 0.278 e. The summed E-state index contributed by atoms with van der Waals surface area (Å²) in [7, 11) is 0. The Morgan fingerprint density at radius 2 is 1.47 bits per heavy atom. The Morgan fingerprint density at radius 1 is 0.844 bits per heavy atom. The van der Waals surface area contributed by atoms with Crippen molar-refractivity contribution in [2.75, 3.05) is 37.7 Å². The Morgan fingerprint density at radius 3 is 2.06 bits per heavy atom. The molecule has 0 unspecified atom stereocenters. The molecule has 0 atom stereocenters. The van der Waals surface area contributed by atoms with Gasteiger partial charge in [-0.15, -0.1) is 0 Å². The minimum atomic E-state index is -0.215. The number of benzene rings is 2. The molecule has 2 aliphatic heterocycles. The van der Waals surface area contributed by atoms with E-state index < -0.39 is 0 Å². The third-order valence-electron chi connectivity index (χ3n) is 5.94. The van der Waals surface area contributed by atoms with Crippen LogP contribution in [0.4, 0.5) is 5.69 Å². The van der Waals surface area contributed by atoms with Gasteiger partial charge in [-0.1, -0.05) is 37.3 Å². The summed E-state index contributed by atoms with van der Waals surface area (Å²) in [6.45, 7) is 9.45. The smallest absolute Gasteiger partial charge is 0.278 e. The van der Waals surface area contributed by atoms with Gasteiger partial charge < -0.3 is 14.5 Å². The lowest BCUT2D eigenvalue weighted by atomic mass is 10.0. The highest BCUT2D eigenvalue weighted by Gasteiger charge is 2.43. The van der Waals surface area contributed by atoms with Crippen molar-refractivity contribution < 1.29 is 14.3 Å². The van der Waals surface area contributed by atoms with E-state index in [0.29, 0.717) is 31.0 Å². The maximum atomic E-state index is 13.4. The molecule has 6 heteroatoms. The lowest BCUT2D eigenvalue weighted by molar-refractivity contribution is -0.139. The first-order valence-electron chi connectivity index (χ1n) is 11.4. The largest absolute Gasteiger partial charge is 0.494 e. The van der Waals surface area contributed by atoms with Gasteiger partial charge in [0.05, 0.1) is 12.2 Å². The van der Waals surface area contributed by atoms with E-state index in [1.54, 1.807) is 0 Å². The molecular formula is C26H31N3O3. The molecule has 0 spiro atoms. The average molecular weight is 434 g/mol. The maximum absolute atomic E-state index is 13.4. The van der Waals surface area contributed by atoms with Crippen molar-refractivity contribution in [2.24, 2.45) is 0 Å². The number of para-hydroxylation sites is 1.